The Bertz CT molecular complexity index is 1770. The van der Waals surface area contributed by atoms with Crippen molar-refractivity contribution in [1.82, 2.24) is 14.5 Å². The SMILES string of the molecule is CO[C@H]1/C=C/C[C@H](C)CS(=O)(NC(=O)N2CCN(C(C)=O)CC2)=NC(=O)c2ccc3c(c2)N(Cc2ccc(Cl)cc2CCCCO3)C[C@@H]2CC[C@H]21. The molecule has 3 heterocycles. The van der Waals surface area contributed by atoms with Gasteiger partial charge >= 0.3 is 6.03 Å². The first-order valence-corrected chi connectivity index (χ1v) is 20.2. The number of nitrogens with zero attached hydrogens (tertiary/aromatic N) is 4. The number of amides is 4. The van der Waals surface area contributed by atoms with E-state index >= 15 is 0 Å². The van der Waals surface area contributed by atoms with Crippen LogP contribution in [-0.2, 0) is 32.4 Å². The second kappa shape index (κ2) is 16.4. The minimum absolute atomic E-state index is 0.00848. The number of hydrogen-bond acceptors (Lipinski definition) is 7. The number of benzene rings is 2. The fourth-order valence-corrected chi connectivity index (χ4v) is 9.68. The van der Waals surface area contributed by atoms with Crippen LogP contribution in [0, 0.1) is 17.8 Å². The van der Waals surface area contributed by atoms with Gasteiger partial charge in [0, 0.05) is 63.9 Å². The Hall–Kier alpha value is -3.61. The van der Waals surface area contributed by atoms with Gasteiger partial charge in [-0.3, -0.25) is 14.3 Å². The molecule has 11 nitrogen and oxygen atoms in total. The number of aryl methyl sites for hydroxylation is 1. The summed E-state index contributed by atoms with van der Waals surface area (Å²) in [5, 5.41) is 0.708. The number of carbonyl (C=O) groups excluding carboxylic acids is 3. The fraction of sp³-hybridized carbons (Fsp3) is 0.553. The van der Waals surface area contributed by atoms with Crippen LogP contribution >= 0.6 is 11.6 Å². The third-order valence-corrected chi connectivity index (χ3v) is 12.9. The number of hydrogen-bond donors (Lipinski definition) is 1. The van der Waals surface area contributed by atoms with Crippen molar-refractivity contribution < 1.29 is 28.1 Å². The van der Waals surface area contributed by atoms with Crippen molar-refractivity contribution in [2.75, 3.05) is 57.1 Å². The number of urea groups is 1. The molecule has 2 aromatic carbocycles. The Kier molecular flexibility index (Phi) is 11.9. The van der Waals surface area contributed by atoms with E-state index in [1.807, 2.05) is 19.1 Å². The Labute approximate surface area is 307 Å². The molecule has 276 valence electrons. The Morgan fingerprint density at radius 3 is 2.55 bits per heavy atom. The van der Waals surface area contributed by atoms with Gasteiger partial charge in [0.1, 0.15) is 15.7 Å². The minimum atomic E-state index is -3.55. The quantitative estimate of drug-likeness (QED) is 0.370. The number of anilines is 1. The second-order valence-corrected chi connectivity index (χ2v) is 16.8. The van der Waals surface area contributed by atoms with E-state index in [2.05, 4.69) is 38.3 Å². The van der Waals surface area contributed by atoms with Gasteiger partial charge in [-0.25, -0.2) is 9.00 Å². The number of fused-ring (bicyclic) bond motifs is 3. The van der Waals surface area contributed by atoms with Crippen molar-refractivity contribution in [3.8, 4) is 5.75 Å². The van der Waals surface area contributed by atoms with E-state index in [4.69, 9.17) is 21.1 Å². The molecule has 2 bridgehead atoms. The molecule has 0 radical (unpaired) electrons. The van der Waals surface area contributed by atoms with Gasteiger partial charge in [-0.1, -0.05) is 36.7 Å². The largest absolute Gasteiger partial charge is 0.491 e. The number of ether oxygens (including phenoxy) is 2. The molecule has 1 saturated carbocycles. The predicted octanol–water partition coefficient (Wildman–Crippen LogP) is 6.10. The topological polar surface area (TPSA) is 121 Å². The Morgan fingerprint density at radius 2 is 1.82 bits per heavy atom. The molecule has 6 rings (SSSR count). The molecule has 1 saturated heterocycles. The molecular weight excluding hydrogens is 690 g/mol. The summed E-state index contributed by atoms with van der Waals surface area (Å²) in [7, 11) is -1.80. The van der Waals surface area contributed by atoms with E-state index in [-0.39, 0.29) is 29.2 Å². The maximum absolute atomic E-state index is 14.6. The van der Waals surface area contributed by atoms with E-state index in [9.17, 15) is 18.6 Å². The summed E-state index contributed by atoms with van der Waals surface area (Å²) in [4.78, 5) is 44.8. The Morgan fingerprint density at radius 1 is 1.04 bits per heavy atom. The highest BCUT2D eigenvalue weighted by Crippen LogP contribution is 2.42. The van der Waals surface area contributed by atoms with Gasteiger partial charge in [0.2, 0.25) is 5.91 Å². The molecule has 13 heteroatoms. The first-order chi connectivity index (χ1) is 24.5. The zero-order valence-corrected chi connectivity index (χ0v) is 31.4. The van der Waals surface area contributed by atoms with Crippen molar-refractivity contribution in [2.45, 2.75) is 65.0 Å². The summed E-state index contributed by atoms with van der Waals surface area (Å²) in [6.07, 6.45) is 9.48. The van der Waals surface area contributed by atoms with Crippen LogP contribution in [0.1, 0.15) is 67.4 Å². The fourth-order valence-electron chi connectivity index (χ4n) is 7.60. The zero-order chi connectivity index (χ0) is 36.1. The number of rotatable bonds is 2. The van der Waals surface area contributed by atoms with Crippen molar-refractivity contribution in [3.63, 3.8) is 0 Å². The van der Waals surface area contributed by atoms with Gasteiger partial charge in [-0.05, 0) is 97.7 Å². The van der Waals surface area contributed by atoms with Crippen molar-refractivity contribution in [2.24, 2.45) is 22.1 Å². The molecular formula is C38H50ClN5O6S. The van der Waals surface area contributed by atoms with E-state index in [0.29, 0.717) is 68.4 Å². The molecule has 4 aliphatic rings. The second-order valence-electron chi connectivity index (χ2n) is 14.4. The number of halogens is 1. The van der Waals surface area contributed by atoms with Gasteiger partial charge in [0.25, 0.3) is 5.91 Å². The van der Waals surface area contributed by atoms with Crippen LogP contribution in [-0.4, -0.2) is 90.2 Å². The number of nitrogens with one attached hydrogen (secondary N) is 1. The monoisotopic (exact) mass is 739 g/mol. The van der Waals surface area contributed by atoms with Crippen molar-refractivity contribution >= 4 is 45.0 Å². The Balaban J connectivity index is 1.40. The van der Waals surface area contributed by atoms with Crippen LogP contribution in [0.4, 0.5) is 10.5 Å². The molecule has 3 aliphatic heterocycles. The summed E-state index contributed by atoms with van der Waals surface area (Å²) in [6, 6.07) is 10.8. The van der Waals surface area contributed by atoms with Gasteiger partial charge < -0.3 is 24.2 Å². The maximum Gasteiger partial charge on any atom is 0.329 e. The highest BCUT2D eigenvalue weighted by atomic mass is 35.5. The average molecular weight is 740 g/mol. The van der Waals surface area contributed by atoms with Crippen molar-refractivity contribution in [3.05, 3.63) is 70.3 Å². The van der Waals surface area contributed by atoms with E-state index in [1.54, 1.807) is 24.1 Å². The van der Waals surface area contributed by atoms with Crippen LogP contribution in [0.15, 0.2) is 52.9 Å². The number of piperazine rings is 1. The third kappa shape index (κ3) is 9.07. The average Bonchev–Trinajstić information content (AvgIpc) is 3.11. The molecule has 0 spiro atoms. The lowest BCUT2D eigenvalue weighted by atomic mass is 9.70. The third-order valence-electron chi connectivity index (χ3n) is 10.7. The lowest BCUT2D eigenvalue weighted by molar-refractivity contribution is -0.130. The number of methoxy groups -OCH3 is 1. The lowest BCUT2D eigenvalue weighted by Crippen LogP contribution is -2.54. The smallest absolute Gasteiger partial charge is 0.329 e. The molecule has 2 aromatic rings. The molecule has 2 fully saturated rings. The van der Waals surface area contributed by atoms with Crippen molar-refractivity contribution in [1.29, 1.82) is 0 Å². The standard InChI is InChI=1S/C38H50ClN5O6S/c1-26-7-6-9-35(49-3)33-14-11-31(33)24-44-23-30-10-13-32(39)21-28(30)8-4-5-20-50-36-15-12-29(22-34(36)44)37(46)40-51(48,25-26)41-38(47)43-18-16-42(17-19-43)27(2)45/h6,9-10,12-13,15,21-22,26,31,33,35H,4-5,7-8,11,14,16-20,23-25H2,1-3H3,(H,40,41,46,47,48)/b9-6+/t26-,31-,33+,35-,51?/m0/s1. The first kappa shape index (κ1) is 37.2. The number of carbonyl (C=O) groups is 3. The normalized spacial score (nSPS) is 28.1. The molecule has 1 N–H and O–H groups in total. The molecule has 5 atom stereocenters. The zero-order valence-electron chi connectivity index (χ0n) is 29.9. The van der Waals surface area contributed by atoms with Gasteiger partial charge in [-0.15, -0.1) is 4.36 Å². The van der Waals surface area contributed by atoms with E-state index in [0.717, 1.165) is 44.3 Å². The first-order valence-electron chi connectivity index (χ1n) is 18.1. The minimum Gasteiger partial charge on any atom is -0.491 e. The summed E-state index contributed by atoms with van der Waals surface area (Å²) >= 11 is 6.46. The molecule has 1 aliphatic carbocycles. The molecule has 51 heavy (non-hydrogen) atoms. The predicted molar refractivity (Wildman–Crippen MR) is 199 cm³/mol. The van der Waals surface area contributed by atoms with Crippen LogP contribution < -0.4 is 14.4 Å². The summed E-state index contributed by atoms with van der Waals surface area (Å²) in [5.74, 6) is 0.458. The van der Waals surface area contributed by atoms with E-state index < -0.39 is 21.9 Å². The number of allylic oxidation sites excluding steroid dienone is 1. The molecule has 0 aromatic heterocycles. The highest BCUT2D eigenvalue weighted by molar-refractivity contribution is 7.92. The van der Waals surface area contributed by atoms with Crippen LogP contribution in [0.25, 0.3) is 0 Å². The van der Waals surface area contributed by atoms with Crippen LogP contribution in [0.5, 0.6) is 5.75 Å². The molecule has 1 unspecified atom stereocenters. The van der Waals surface area contributed by atoms with Crippen LogP contribution in [0.3, 0.4) is 0 Å². The van der Waals surface area contributed by atoms with Gasteiger partial charge in [0.15, 0.2) is 0 Å². The summed E-state index contributed by atoms with van der Waals surface area (Å²) < 4.78 is 33.9. The summed E-state index contributed by atoms with van der Waals surface area (Å²) in [6.45, 7) is 6.65. The van der Waals surface area contributed by atoms with Gasteiger partial charge in [-0.2, -0.15) is 0 Å². The summed E-state index contributed by atoms with van der Waals surface area (Å²) in [5.41, 5.74) is 3.42. The highest BCUT2D eigenvalue weighted by Gasteiger charge is 2.38. The lowest BCUT2D eigenvalue weighted by Gasteiger charge is -2.43. The maximum atomic E-state index is 14.6. The van der Waals surface area contributed by atoms with Gasteiger partial charge in [0.05, 0.1) is 24.2 Å². The molecule has 4 amide bonds. The van der Waals surface area contributed by atoms with E-state index in [1.165, 1.54) is 23.0 Å². The van der Waals surface area contributed by atoms with Crippen LogP contribution in [0.2, 0.25) is 5.02 Å².